The summed E-state index contributed by atoms with van der Waals surface area (Å²) < 4.78 is 5.51. The van der Waals surface area contributed by atoms with Crippen LogP contribution in [0.25, 0.3) is 0 Å². The summed E-state index contributed by atoms with van der Waals surface area (Å²) in [6, 6.07) is 10.6. The number of benzene rings is 1. The average Bonchev–Trinajstić information content (AvgIpc) is 2.24. The minimum atomic E-state index is 0.700. The lowest BCUT2D eigenvalue weighted by Gasteiger charge is -2.10. The number of hydrogen-bond donors (Lipinski definition) is 1. The summed E-state index contributed by atoms with van der Waals surface area (Å²) in [6.07, 6.45) is 0. The summed E-state index contributed by atoms with van der Waals surface area (Å²) >= 11 is 0. The Morgan fingerprint density at radius 3 is 2.93 bits per heavy atom. The highest BCUT2D eigenvalue weighted by molar-refractivity contribution is 5.19. The second-order valence-corrected chi connectivity index (χ2v) is 3.64. The van der Waals surface area contributed by atoms with Crippen LogP contribution in [0.15, 0.2) is 24.3 Å². The fourth-order valence-electron chi connectivity index (χ4n) is 1.14. The van der Waals surface area contributed by atoms with Crippen LogP contribution in [0.1, 0.15) is 0 Å². The van der Waals surface area contributed by atoms with E-state index in [2.05, 4.69) is 30.4 Å². The van der Waals surface area contributed by atoms with E-state index in [1.54, 1.807) is 0 Å². The molecule has 0 aromatic heterocycles. The van der Waals surface area contributed by atoms with E-state index < -0.39 is 0 Å². The van der Waals surface area contributed by atoms with Gasteiger partial charge in [0.1, 0.15) is 12.4 Å². The highest BCUT2D eigenvalue weighted by Gasteiger charge is 1.92. The van der Waals surface area contributed by atoms with Crippen molar-refractivity contribution in [1.29, 1.82) is 0 Å². The minimum Gasteiger partial charge on any atom is -0.492 e. The normalized spacial score (nSPS) is 10.6. The van der Waals surface area contributed by atoms with Gasteiger partial charge in [0.2, 0.25) is 0 Å². The maximum Gasteiger partial charge on any atom is 0.119 e. The molecule has 0 atom stereocenters. The van der Waals surface area contributed by atoms with Crippen LogP contribution < -0.4 is 10.1 Å². The van der Waals surface area contributed by atoms with Crippen LogP contribution in [0.4, 0.5) is 0 Å². The molecule has 3 nitrogen and oxygen atoms in total. The predicted molar refractivity (Wildman–Crippen MR) is 62.2 cm³/mol. The standard InChI is InChI=1S/C12H19N2O/c1-14(2)10-8-13-9-11-15-12-6-4-3-5-7-12/h3-4,6-7,13H,8-11H2,1-2H3. The Bertz CT molecular complexity index is 249. The molecule has 83 valence electrons. The highest BCUT2D eigenvalue weighted by Crippen LogP contribution is 2.06. The molecule has 1 N–H and O–H groups in total. The van der Waals surface area contributed by atoms with E-state index in [-0.39, 0.29) is 0 Å². The molecule has 0 heterocycles. The van der Waals surface area contributed by atoms with E-state index in [0.717, 1.165) is 25.4 Å². The van der Waals surface area contributed by atoms with Crippen molar-refractivity contribution in [2.75, 3.05) is 40.3 Å². The third kappa shape index (κ3) is 6.10. The van der Waals surface area contributed by atoms with E-state index in [1.807, 2.05) is 24.3 Å². The Morgan fingerprint density at radius 1 is 1.40 bits per heavy atom. The van der Waals surface area contributed by atoms with Gasteiger partial charge >= 0.3 is 0 Å². The Kier molecular flexibility index (Phi) is 5.81. The summed E-state index contributed by atoms with van der Waals surface area (Å²) in [5, 5.41) is 3.31. The van der Waals surface area contributed by atoms with Crippen molar-refractivity contribution in [3.8, 4) is 5.75 Å². The summed E-state index contributed by atoms with van der Waals surface area (Å²) in [6.45, 7) is 3.63. The summed E-state index contributed by atoms with van der Waals surface area (Å²) in [5.74, 6) is 0.881. The molecule has 1 rings (SSSR count). The molecule has 0 saturated heterocycles. The number of ether oxygens (including phenoxy) is 1. The zero-order chi connectivity index (χ0) is 10.9. The second kappa shape index (κ2) is 7.26. The van der Waals surface area contributed by atoms with Crippen molar-refractivity contribution in [3.05, 3.63) is 30.3 Å². The number of nitrogens with zero attached hydrogens (tertiary/aromatic N) is 1. The summed E-state index contributed by atoms with van der Waals surface area (Å²) in [5.41, 5.74) is 0. The lowest BCUT2D eigenvalue weighted by molar-refractivity contribution is 0.308. The van der Waals surface area contributed by atoms with Gasteiger partial charge in [0.25, 0.3) is 0 Å². The third-order valence-corrected chi connectivity index (χ3v) is 1.96. The van der Waals surface area contributed by atoms with Gasteiger partial charge in [-0.3, -0.25) is 0 Å². The molecule has 0 fully saturated rings. The van der Waals surface area contributed by atoms with Crippen molar-refractivity contribution in [2.24, 2.45) is 0 Å². The lowest BCUT2D eigenvalue weighted by atomic mass is 10.3. The van der Waals surface area contributed by atoms with Crippen molar-refractivity contribution in [1.82, 2.24) is 10.2 Å². The van der Waals surface area contributed by atoms with Crippen molar-refractivity contribution in [3.63, 3.8) is 0 Å². The quantitative estimate of drug-likeness (QED) is 0.676. The third-order valence-electron chi connectivity index (χ3n) is 1.96. The molecule has 0 unspecified atom stereocenters. The zero-order valence-electron chi connectivity index (χ0n) is 9.49. The molecule has 0 spiro atoms. The van der Waals surface area contributed by atoms with Gasteiger partial charge in [-0.05, 0) is 32.3 Å². The zero-order valence-corrected chi connectivity index (χ0v) is 9.49. The van der Waals surface area contributed by atoms with Crippen LogP contribution in [0.3, 0.4) is 0 Å². The maximum atomic E-state index is 5.51. The smallest absolute Gasteiger partial charge is 0.119 e. The molecule has 1 aromatic carbocycles. The predicted octanol–water partition coefficient (Wildman–Crippen LogP) is 1.02. The molecule has 0 bridgehead atoms. The first-order valence-corrected chi connectivity index (χ1v) is 5.23. The van der Waals surface area contributed by atoms with Crippen molar-refractivity contribution in [2.45, 2.75) is 0 Å². The molecule has 0 saturated carbocycles. The average molecular weight is 207 g/mol. The Hall–Kier alpha value is -1.06. The lowest BCUT2D eigenvalue weighted by Crippen LogP contribution is -2.29. The van der Waals surface area contributed by atoms with Crippen molar-refractivity contribution >= 4 is 0 Å². The fraction of sp³-hybridized carbons (Fsp3) is 0.500. The first-order chi connectivity index (χ1) is 7.29. The first kappa shape index (κ1) is 12.0. The summed E-state index contributed by atoms with van der Waals surface area (Å²) in [7, 11) is 4.13. The van der Waals surface area contributed by atoms with Crippen LogP contribution in [-0.4, -0.2) is 45.2 Å². The number of nitrogens with one attached hydrogen (secondary N) is 1. The van der Waals surface area contributed by atoms with Crippen LogP contribution in [0.5, 0.6) is 5.75 Å². The number of hydrogen-bond acceptors (Lipinski definition) is 3. The topological polar surface area (TPSA) is 24.5 Å². The van der Waals surface area contributed by atoms with Crippen LogP contribution in [0, 0.1) is 6.07 Å². The monoisotopic (exact) mass is 207 g/mol. The molecule has 0 aliphatic rings. The van der Waals surface area contributed by atoms with Gasteiger partial charge < -0.3 is 15.0 Å². The Balaban J connectivity index is 1.98. The van der Waals surface area contributed by atoms with Gasteiger partial charge in [0, 0.05) is 19.6 Å². The van der Waals surface area contributed by atoms with E-state index in [4.69, 9.17) is 4.74 Å². The highest BCUT2D eigenvalue weighted by atomic mass is 16.5. The van der Waals surface area contributed by atoms with E-state index in [9.17, 15) is 0 Å². The SMILES string of the molecule is CN(C)CCNCCOc1c[c]ccc1. The van der Waals surface area contributed by atoms with E-state index in [1.165, 1.54) is 0 Å². The Labute approximate surface area is 92.0 Å². The molecule has 15 heavy (non-hydrogen) atoms. The van der Waals surface area contributed by atoms with E-state index >= 15 is 0 Å². The van der Waals surface area contributed by atoms with Gasteiger partial charge in [0.15, 0.2) is 0 Å². The van der Waals surface area contributed by atoms with Gasteiger partial charge in [0.05, 0.1) is 0 Å². The van der Waals surface area contributed by atoms with Crippen LogP contribution in [0.2, 0.25) is 0 Å². The summed E-state index contributed by atoms with van der Waals surface area (Å²) in [4.78, 5) is 2.15. The first-order valence-electron chi connectivity index (χ1n) is 5.23. The molecule has 0 aliphatic heterocycles. The fourth-order valence-corrected chi connectivity index (χ4v) is 1.14. The van der Waals surface area contributed by atoms with Gasteiger partial charge in [-0.25, -0.2) is 0 Å². The molecule has 1 aromatic rings. The molecular weight excluding hydrogens is 188 g/mol. The van der Waals surface area contributed by atoms with Crippen LogP contribution >= 0.6 is 0 Å². The molecule has 1 radical (unpaired) electrons. The molecule has 3 heteroatoms. The second-order valence-electron chi connectivity index (χ2n) is 3.64. The van der Waals surface area contributed by atoms with Gasteiger partial charge in [-0.2, -0.15) is 0 Å². The van der Waals surface area contributed by atoms with Gasteiger partial charge in [-0.1, -0.05) is 12.1 Å². The molecular formula is C12H19N2O. The van der Waals surface area contributed by atoms with E-state index in [0.29, 0.717) is 6.61 Å². The number of likely N-dealkylation sites (N-methyl/N-ethyl adjacent to an activating group) is 1. The maximum absolute atomic E-state index is 5.51. The largest absolute Gasteiger partial charge is 0.492 e. The number of rotatable bonds is 7. The molecule has 0 aliphatic carbocycles. The minimum absolute atomic E-state index is 0.700. The molecule has 0 amide bonds. The Morgan fingerprint density at radius 2 is 2.27 bits per heavy atom. The van der Waals surface area contributed by atoms with Crippen LogP contribution in [-0.2, 0) is 0 Å². The van der Waals surface area contributed by atoms with Gasteiger partial charge in [-0.15, -0.1) is 0 Å². The van der Waals surface area contributed by atoms with Crippen molar-refractivity contribution < 1.29 is 4.74 Å².